The molecular weight excluding hydrogens is 370 g/mol. The number of ether oxygens (including phenoxy) is 2. The molecule has 0 aliphatic carbocycles. The van der Waals surface area contributed by atoms with E-state index in [1.807, 2.05) is 24.3 Å². The third-order valence-corrected chi connectivity index (χ3v) is 4.09. The van der Waals surface area contributed by atoms with Crippen LogP contribution in [0, 0.1) is 0 Å². The largest absolute Gasteiger partial charge is 0.504 e. The lowest BCUT2D eigenvalue weighted by molar-refractivity contribution is 0.289. The van der Waals surface area contributed by atoms with E-state index in [9.17, 15) is 10.2 Å². The molecule has 0 fully saturated rings. The van der Waals surface area contributed by atoms with Crippen LogP contribution in [0.25, 0.3) is 11.4 Å². The first-order chi connectivity index (χ1) is 13.0. The molecular formula is C19H18ClN3O4. The van der Waals surface area contributed by atoms with Crippen LogP contribution in [-0.2, 0) is 6.61 Å². The summed E-state index contributed by atoms with van der Waals surface area (Å²) in [4.78, 5) is 4.00. The summed E-state index contributed by atoms with van der Waals surface area (Å²) in [6.07, 6.45) is 2.90. The number of nitrogens with zero attached hydrogens (tertiary/aromatic N) is 3. The molecule has 0 radical (unpaired) electrons. The molecule has 0 spiro atoms. The van der Waals surface area contributed by atoms with Crippen molar-refractivity contribution < 1.29 is 19.7 Å². The van der Waals surface area contributed by atoms with Crippen molar-refractivity contribution in [1.82, 2.24) is 14.8 Å². The Labute approximate surface area is 161 Å². The normalized spacial score (nSPS) is 11.4. The van der Waals surface area contributed by atoms with E-state index >= 15 is 0 Å². The number of benzene rings is 2. The number of halogens is 1. The minimum atomic E-state index is -0.127. The van der Waals surface area contributed by atoms with E-state index in [1.165, 1.54) is 23.2 Å². The summed E-state index contributed by atoms with van der Waals surface area (Å²) in [6, 6.07) is 10.4. The van der Waals surface area contributed by atoms with E-state index in [4.69, 9.17) is 21.1 Å². The van der Waals surface area contributed by atoms with Crippen molar-refractivity contribution in [2.45, 2.75) is 13.5 Å². The number of phenols is 1. The highest BCUT2D eigenvalue weighted by molar-refractivity contribution is 6.32. The molecule has 0 aliphatic rings. The number of methoxy groups -OCH3 is 1. The van der Waals surface area contributed by atoms with Gasteiger partial charge in [0.05, 0.1) is 17.8 Å². The maximum Gasteiger partial charge on any atom is 0.216 e. The zero-order valence-electron chi connectivity index (χ0n) is 14.8. The Kier molecular flexibility index (Phi) is 5.52. The van der Waals surface area contributed by atoms with Crippen molar-refractivity contribution in [3.63, 3.8) is 0 Å². The Balaban J connectivity index is 1.79. The van der Waals surface area contributed by atoms with Crippen LogP contribution in [0.5, 0.6) is 17.2 Å². The maximum absolute atomic E-state index is 10.3. The second-order valence-corrected chi connectivity index (χ2v) is 6.01. The van der Waals surface area contributed by atoms with Gasteiger partial charge in [0.2, 0.25) is 5.82 Å². The lowest BCUT2D eigenvalue weighted by atomic mass is 10.2. The number of aliphatic hydroxyl groups is 1. The second-order valence-electron chi connectivity index (χ2n) is 5.60. The van der Waals surface area contributed by atoms with Gasteiger partial charge >= 0.3 is 0 Å². The highest BCUT2D eigenvalue weighted by Gasteiger charge is 2.14. The maximum atomic E-state index is 10.3. The van der Waals surface area contributed by atoms with Crippen molar-refractivity contribution in [2.24, 2.45) is 0 Å². The fourth-order valence-electron chi connectivity index (χ4n) is 2.35. The average molecular weight is 388 g/mol. The first-order valence-corrected chi connectivity index (χ1v) is 8.45. The lowest BCUT2D eigenvalue weighted by Gasteiger charge is -2.12. The van der Waals surface area contributed by atoms with E-state index < -0.39 is 0 Å². The third-order valence-electron chi connectivity index (χ3n) is 3.81. The summed E-state index contributed by atoms with van der Waals surface area (Å²) < 4.78 is 12.2. The van der Waals surface area contributed by atoms with E-state index in [0.717, 1.165) is 11.3 Å². The summed E-state index contributed by atoms with van der Waals surface area (Å²) in [6.45, 7) is 1.91. The number of aromatic hydroxyl groups is 1. The van der Waals surface area contributed by atoms with Gasteiger partial charge in [0.15, 0.2) is 17.3 Å². The summed E-state index contributed by atoms with van der Waals surface area (Å²) in [5, 5.41) is 24.3. The molecule has 0 aliphatic heterocycles. The minimum absolute atomic E-state index is 0.0384. The molecule has 1 aromatic heterocycles. The zero-order valence-corrected chi connectivity index (χ0v) is 15.5. The van der Waals surface area contributed by atoms with Crippen LogP contribution in [0.1, 0.15) is 18.3 Å². The monoisotopic (exact) mass is 387 g/mol. The average Bonchev–Trinajstić information content (AvgIpc) is 3.17. The molecule has 0 bridgehead atoms. The molecule has 0 atom stereocenters. The number of hydrogen-bond acceptors (Lipinski definition) is 6. The van der Waals surface area contributed by atoms with Crippen LogP contribution in [0.3, 0.4) is 0 Å². The molecule has 2 aromatic carbocycles. The standard InChI is InChI=1S/C19H18ClN3O4/c1-3-16(24)19-21-11-23(22-19)13-8-15(20)18(17(25)9-13)27-10-12-4-6-14(26-2)7-5-12/h3-9,11,24-25H,10H2,1-2H3. The molecule has 3 aromatic rings. The molecule has 27 heavy (non-hydrogen) atoms. The number of aliphatic hydroxyl groups excluding tert-OH is 1. The Morgan fingerprint density at radius 2 is 2.00 bits per heavy atom. The van der Waals surface area contributed by atoms with Crippen molar-refractivity contribution >= 4 is 17.4 Å². The number of rotatable bonds is 6. The van der Waals surface area contributed by atoms with Crippen LogP contribution in [-0.4, -0.2) is 32.1 Å². The predicted octanol–water partition coefficient (Wildman–Crippen LogP) is 4.13. The third kappa shape index (κ3) is 4.15. The number of aromatic nitrogens is 3. The second kappa shape index (κ2) is 8.01. The molecule has 2 N–H and O–H groups in total. The predicted molar refractivity (Wildman–Crippen MR) is 102 cm³/mol. The first-order valence-electron chi connectivity index (χ1n) is 8.07. The SMILES string of the molecule is CC=C(O)c1ncn(-c2cc(O)c(OCc3ccc(OC)cc3)c(Cl)c2)n1. The minimum Gasteiger partial charge on any atom is -0.504 e. The van der Waals surface area contributed by atoms with Gasteiger partial charge in [-0.15, -0.1) is 5.10 Å². The molecule has 8 heteroatoms. The first kappa shape index (κ1) is 18.6. The summed E-state index contributed by atoms with van der Waals surface area (Å²) in [5.74, 6) is 0.933. The van der Waals surface area contributed by atoms with Crippen LogP contribution in [0.2, 0.25) is 5.02 Å². The fraction of sp³-hybridized carbons (Fsp3) is 0.158. The van der Waals surface area contributed by atoms with Gasteiger partial charge in [-0.05, 0) is 36.8 Å². The van der Waals surface area contributed by atoms with Crippen molar-refractivity contribution in [3.8, 4) is 22.9 Å². The van der Waals surface area contributed by atoms with Crippen LogP contribution in [0.4, 0.5) is 0 Å². The molecule has 3 rings (SSSR count). The molecule has 1 heterocycles. The Hall–Kier alpha value is -3.19. The van der Waals surface area contributed by atoms with Crippen molar-refractivity contribution in [3.05, 3.63) is 65.2 Å². The summed E-state index contributed by atoms with van der Waals surface area (Å²) in [7, 11) is 1.60. The van der Waals surface area contributed by atoms with Gasteiger partial charge in [-0.2, -0.15) is 0 Å². The lowest BCUT2D eigenvalue weighted by Crippen LogP contribution is -2.00. The molecule has 0 unspecified atom stereocenters. The van der Waals surface area contributed by atoms with Crippen LogP contribution < -0.4 is 9.47 Å². The molecule has 0 amide bonds. The van der Waals surface area contributed by atoms with Gasteiger partial charge < -0.3 is 19.7 Å². The van der Waals surface area contributed by atoms with Crippen LogP contribution >= 0.6 is 11.6 Å². The Morgan fingerprint density at radius 3 is 2.63 bits per heavy atom. The van der Waals surface area contributed by atoms with Crippen molar-refractivity contribution in [2.75, 3.05) is 7.11 Å². The summed E-state index contributed by atoms with van der Waals surface area (Å²) >= 11 is 6.27. The van der Waals surface area contributed by atoms with Gasteiger partial charge in [0, 0.05) is 6.07 Å². The number of allylic oxidation sites excluding steroid dienone is 1. The van der Waals surface area contributed by atoms with E-state index in [1.54, 1.807) is 20.1 Å². The number of phenolic OH excluding ortho intramolecular Hbond substituents is 1. The van der Waals surface area contributed by atoms with Gasteiger partial charge in [-0.25, -0.2) is 9.67 Å². The smallest absolute Gasteiger partial charge is 0.216 e. The molecule has 140 valence electrons. The topological polar surface area (TPSA) is 89.6 Å². The van der Waals surface area contributed by atoms with E-state index in [2.05, 4.69) is 10.1 Å². The van der Waals surface area contributed by atoms with Gasteiger partial charge in [-0.1, -0.05) is 23.7 Å². The van der Waals surface area contributed by atoms with Gasteiger partial charge in [0.25, 0.3) is 0 Å². The fourth-order valence-corrected chi connectivity index (χ4v) is 2.61. The van der Waals surface area contributed by atoms with Crippen molar-refractivity contribution in [1.29, 1.82) is 0 Å². The number of hydrogen-bond donors (Lipinski definition) is 2. The van der Waals surface area contributed by atoms with Crippen LogP contribution in [0.15, 0.2) is 48.8 Å². The summed E-state index contributed by atoms with van der Waals surface area (Å²) in [5.41, 5.74) is 1.38. The molecule has 0 saturated heterocycles. The Bertz CT molecular complexity index is 944. The van der Waals surface area contributed by atoms with Gasteiger partial charge in [0.1, 0.15) is 18.7 Å². The van der Waals surface area contributed by atoms with E-state index in [-0.39, 0.29) is 34.7 Å². The Morgan fingerprint density at radius 1 is 1.26 bits per heavy atom. The quantitative estimate of drug-likeness (QED) is 0.618. The van der Waals surface area contributed by atoms with E-state index in [0.29, 0.717) is 5.69 Å². The highest BCUT2D eigenvalue weighted by atomic mass is 35.5. The zero-order chi connectivity index (χ0) is 19.4. The van der Waals surface area contributed by atoms with Gasteiger partial charge in [-0.3, -0.25) is 0 Å². The molecule has 0 saturated carbocycles. The molecule has 7 nitrogen and oxygen atoms in total. The highest BCUT2D eigenvalue weighted by Crippen LogP contribution is 2.37.